The zero-order valence-electron chi connectivity index (χ0n) is 12.0. The van der Waals surface area contributed by atoms with E-state index in [0.717, 1.165) is 22.7 Å². The summed E-state index contributed by atoms with van der Waals surface area (Å²) in [6.45, 7) is 0. The highest BCUT2D eigenvalue weighted by molar-refractivity contribution is 5.66. The van der Waals surface area contributed by atoms with Crippen LogP contribution >= 0.6 is 0 Å². The molecule has 0 amide bonds. The molecule has 0 radical (unpaired) electrons. The first kappa shape index (κ1) is 13.2. The molecule has 0 aliphatic carbocycles. The summed E-state index contributed by atoms with van der Waals surface area (Å²) in [7, 11) is 3.60. The second-order valence-electron chi connectivity index (χ2n) is 4.67. The van der Waals surface area contributed by atoms with E-state index in [1.807, 2.05) is 72.6 Å². The van der Waals surface area contributed by atoms with Crippen LogP contribution in [0.3, 0.4) is 0 Å². The molecule has 0 spiro atoms. The fourth-order valence-electron chi connectivity index (χ4n) is 2.10. The predicted molar refractivity (Wildman–Crippen MR) is 83.0 cm³/mol. The number of benzene rings is 2. The maximum absolute atomic E-state index is 5.44. The Labute approximate surface area is 123 Å². The van der Waals surface area contributed by atoms with Crippen molar-refractivity contribution in [2.75, 3.05) is 19.1 Å². The van der Waals surface area contributed by atoms with E-state index in [1.54, 1.807) is 7.11 Å². The van der Waals surface area contributed by atoms with Gasteiger partial charge in [0.05, 0.1) is 7.11 Å². The van der Waals surface area contributed by atoms with Gasteiger partial charge in [-0.2, -0.15) is 0 Å². The van der Waals surface area contributed by atoms with Gasteiger partial charge in [-0.1, -0.05) is 23.4 Å². The van der Waals surface area contributed by atoms with E-state index < -0.39 is 0 Å². The molecule has 21 heavy (non-hydrogen) atoms. The van der Waals surface area contributed by atoms with Crippen molar-refractivity contribution in [2.24, 2.45) is 0 Å². The Balaban J connectivity index is 1.85. The van der Waals surface area contributed by atoms with Crippen molar-refractivity contribution in [1.82, 2.24) is 5.16 Å². The molecule has 106 valence electrons. The highest BCUT2D eigenvalue weighted by Gasteiger charge is 2.11. The van der Waals surface area contributed by atoms with Crippen LogP contribution in [0.4, 0.5) is 11.6 Å². The summed E-state index contributed by atoms with van der Waals surface area (Å²) in [6, 6.07) is 19.7. The van der Waals surface area contributed by atoms with Crippen LogP contribution in [0.2, 0.25) is 0 Å². The fourth-order valence-corrected chi connectivity index (χ4v) is 2.10. The minimum Gasteiger partial charge on any atom is -0.497 e. The number of hydrogen-bond acceptors (Lipinski definition) is 4. The number of rotatable bonds is 4. The Morgan fingerprint density at radius 1 is 1.00 bits per heavy atom. The topological polar surface area (TPSA) is 38.5 Å². The molecule has 0 saturated heterocycles. The molecule has 2 aromatic carbocycles. The van der Waals surface area contributed by atoms with Crippen LogP contribution in [0.1, 0.15) is 0 Å². The molecule has 4 heteroatoms. The quantitative estimate of drug-likeness (QED) is 0.720. The van der Waals surface area contributed by atoms with E-state index in [0.29, 0.717) is 5.88 Å². The summed E-state index contributed by atoms with van der Waals surface area (Å²) >= 11 is 0. The molecule has 4 nitrogen and oxygen atoms in total. The third-order valence-corrected chi connectivity index (χ3v) is 3.36. The molecule has 0 unspecified atom stereocenters. The number of ether oxygens (including phenoxy) is 1. The van der Waals surface area contributed by atoms with Crippen LogP contribution in [0.5, 0.6) is 5.75 Å². The van der Waals surface area contributed by atoms with E-state index in [2.05, 4.69) is 5.16 Å². The van der Waals surface area contributed by atoms with Gasteiger partial charge in [-0.05, 0) is 36.4 Å². The van der Waals surface area contributed by atoms with Crippen LogP contribution in [-0.2, 0) is 0 Å². The normalized spacial score (nSPS) is 10.4. The molecule has 1 heterocycles. The first-order valence-electron chi connectivity index (χ1n) is 6.68. The average Bonchev–Trinajstić information content (AvgIpc) is 3.05. The number of nitrogens with zero attached hydrogens (tertiary/aromatic N) is 2. The number of para-hydroxylation sites is 1. The van der Waals surface area contributed by atoms with E-state index in [-0.39, 0.29) is 0 Å². The summed E-state index contributed by atoms with van der Waals surface area (Å²) in [6.07, 6.45) is 0. The van der Waals surface area contributed by atoms with Gasteiger partial charge in [-0.15, -0.1) is 0 Å². The summed E-state index contributed by atoms with van der Waals surface area (Å²) in [4.78, 5) is 1.96. The van der Waals surface area contributed by atoms with Crippen molar-refractivity contribution in [3.63, 3.8) is 0 Å². The van der Waals surface area contributed by atoms with E-state index in [9.17, 15) is 0 Å². The highest BCUT2D eigenvalue weighted by Crippen LogP contribution is 2.28. The molecule has 1 aromatic heterocycles. The van der Waals surface area contributed by atoms with Crippen molar-refractivity contribution in [3.8, 4) is 17.0 Å². The molecule has 3 rings (SSSR count). The summed E-state index contributed by atoms with van der Waals surface area (Å²) in [5, 5.41) is 4.13. The standard InChI is InChI=1S/C17H16N2O2/c1-19(14-6-4-3-5-7-14)17-12-16(18-21-17)13-8-10-15(20-2)11-9-13/h3-12H,1-2H3. The van der Waals surface area contributed by atoms with Gasteiger partial charge in [-0.3, -0.25) is 0 Å². The fraction of sp³-hybridized carbons (Fsp3) is 0.118. The smallest absolute Gasteiger partial charge is 0.232 e. The van der Waals surface area contributed by atoms with Gasteiger partial charge in [0.1, 0.15) is 11.4 Å². The third kappa shape index (κ3) is 2.74. The molecule has 3 aromatic rings. The highest BCUT2D eigenvalue weighted by atomic mass is 16.5. The summed E-state index contributed by atoms with van der Waals surface area (Å²) in [5.74, 6) is 1.52. The van der Waals surface area contributed by atoms with Crippen LogP contribution in [0.15, 0.2) is 65.2 Å². The SMILES string of the molecule is COc1ccc(-c2cc(N(C)c3ccccc3)on2)cc1. The van der Waals surface area contributed by atoms with Gasteiger partial charge in [0.15, 0.2) is 0 Å². The molecular weight excluding hydrogens is 264 g/mol. The lowest BCUT2D eigenvalue weighted by molar-refractivity contribution is 0.414. The lowest BCUT2D eigenvalue weighted by Crippen LogP contribution is -2.07. The van der Waals surface area contributed by atoms with E-state index in [4.69, 9.17) is 9.26 Å². The molecule has 0 fully saturated rings. The Morgan fingerprint density at radius 3 is 2.38 bits per heavy atom. The maximum Gasteiger partial charge on any atom is 0.232 e. The Bertz CT molecular complexity index is 705. The first-order valence-corrected chi connectivity index (χ1v) is 6.68. The van der Waals surface area contributed by atoms with Crippen LogP contribution in [0, 0.1) is 0 Å². The van der Waals surface area contributed by atoms with Gasteiger partial charge in [0.2, 0.25) is 5.88 Å². The van der Waals surface area contributed by atoms with E-state index >= 15 is 0 Å². The molecular formula is C17H16N2O2. The minimum atomic E-state index is 0.701. The molecule has 0 N–H and O–H groups in total. The molecule has 0 saturated carbocycles. The Morgan fingerprint density at radius 2 is 1.71 bits per heavy atom. The zero-order chi connectivity index (χ0) is 14.7. The monoisotopic (exact) mass is 280 g/mol. The van der Waals surface area contributed by atoms with Crippen molar-refractivity contribution >= 4 is 11.6 Å². The predicted octanol–water partition coefficient (Wildman–Crippen LogP) is 4.12. The minimum absolute atomic E-state index is 0.701. The van der Waals surface area contributed by atoms with Crippen LogP contribution < -0.4 is 9.64 Å². The second kappa shape index (κ2) is 5.71. The number of hydrogen-bond donors (Lipinski definition) is 0. The lowest BCUT2D eigenvalue weighted by atomic mass is 10.1. The first-order chi connectivity index (χ1) is 10.3. The van der Waals surface area contributed by atoms with Gasteiger partial charge < -0.3 is 14.2 Å². The Hall–Kier alpha value is -2.75. The molecule has 0 aliphatic rings. The average molecular weight is 280 g/mol. The zero-order valence-corrected chi connectivity index (χ0v) is 12.0. The van der Waals surface area contributed by atoms with Crippen LogP contribution in [-0.4, -0.2) is 19.3 Å². The molecule has 0 aliphatic heterocycles. The van der Waals surface area contributed by atoms with Crippen molar-refractivity contribution in [1.29, 1.82) is 0 Å². The van der Waals surface area contributed by atoms with Gasteiger partial charge in [0.25, 0.3) is 0 Å². The number of methoxy groups -OCH3 is 1. The third-order valence-electron chi connectivity index (χ3n) is 3.36. The van der Waals surface area contributed by atoms with Crippen LogP contribution in [0.25, 0.3) is 11.3 Å². The van der Waals surface area contributed by atoms with E-state index in [1.165, 1.54) is 0 Å². The number of aromatic nitrogens is 1. The maximum atomic E-state index is 5.44. The largest absolute Gasteiger partial charge is 0.497 e. The van der Waals surface area contributed by atoms with Gasteiger partial charge >= 0.3 is 0 Å². The van der Waals surface area contributed by atoms with Gasteiger partial charge in [-0.25, -0.2) is 0 Å². The lowest BCUT2D eigenvalue weighted by Gasteiger charge is -2.14. The number of anilines is 2. The van der Waals surface area contributed by atoms with Crippen molar-refractivity contribution in [3.05, 3.63) is 60.7 Å². The summed E-state index contributed by atoms with van der Waals surface area (Å²) in [5.41, 5.74) is 2.85. The molecule has 0 atom stereocenters. The molecule has 0 bridgehead atoms. The summed E-state index contributed by atoms with van der Waals surface area (Å²) < 4.78 is 10.6. The Kier molecular flexibility index (Phi) is 3.60. The second-order valence-corrected chi connectivity index (χ2v) is 4.67. The van der Waals surface area contributed by atoms with Crippen molar-refractivity contribution in [2.45, 2.75) is 0 Å². The van der Waals surface area contributed by atoms with Gasteiger partial charge in [0, 0.05) is 24.4 Å². The van der Waals surface area contributed by atoms with Crippen molar-refractivity contribution < 1.29 is 9.26 Å².